The Bertz CT molecular complexity index is 1000. The summed E-state index contributed by atoms with van der Waals surface area (Å²) in [6.07, 6.45) is 0. The van der Waals surface area contributed by atoms with E-state index in [9.17, 15) is 4.79 Å². The molecule has 1 aromatic heterocycles. The minimum absolute atomic E-state index is 0.341. The van der Waals surface area contributed by atoms with Gasteiger partial charge in [-0.05, 0) is 55.0 Å². The van der Waals surface area contributed by atoms with Gasteiger partial charge in [0.05, 0.1) is 10.7 Å². The highest BCUT2D eigenvalue weighted by molar-refractivity contribution is 7.80. The Hall–Kier alpha value is -2.08. The van der Waals surface area contributed by atoms with Crippen LogP contribution in [-0.2, 0) is 0 Å². The van der Waals surface area contributed by atoms with Crippen molar-refractivity contribution in [3.8, 4) is 0 Å². The monoisotopic (exact) mass is 378 g/mol. The van der Waals surface area contributed by atoms with Crippen LogP contribution in [0.5, 0.6) is 0 Å². The van der Waals surface area contributed by atoms with Gasteiger partial charge in [0.15, 0.2) is 5.11 Å². The van der Waals surface area contributed by atoms with E-state index in [4.69, 9.17) is 39.8 Å². The minimum atomic E-state index is -0.386. The Morgan fingerprint density at radius 1 is 1.08 bits per heavy atom. The van der Waals surface area contributed by atoms with E-state index in [1.54, 1.807) is 24.3 Å². The topological polar surface area (TPSA) is 54.3 Å². The maximum atomic E-state index is 11.5. The van der Waals surface area contributed by atoms with Gasteiger partial charge in [-0.1, -0.05) is 23.2 Å². The van der Waals surface area contributed by atoms with Gasteiger partial charge in [-0.15, -0.1) is 0 Å². The van der Waals surface area contributed by atoms with Crippen LogP contribution in [0, 0.1) is 6.92 Å². The van der Waals surface area contributed by atoms with Crippen molar-refractivity contribution in [1.82, 2.24) is 0 Å². The van der Waals surface area contributed by atoms with E-state index >= 15 is 0 Å². The van der Waals surface area contributed by atoms with Crippen LogP contribution in [-0.4, -0.2) is 5.11 Å². The highest BCUT2D eigenvalue weighted by atomic mass is 35.5. The molecule has 0 amide bonds. The molecule has 0 aliphatic heterocycles. The average molecular weight is 379 g/mol. The molecule has 3 aromatic rings. The highest BCUT2D eigenvalue weighted by Gasteiger charge is 2.07. The SMILES string of the molecule is Cc1cc(=O)oc2cc(NC(=S)Nc3cc(Cl)ccc3Cl)ccc12. The van der Waals surface area contributed by atoms with Crippen LogP contribution in [0.2, 0.25) is 10.0 Å². The molecule has 0 bridgehead atoms. The third-order valence-corrected chi connectivity index (χ3v) is 4.15. The Morgan fingerprint density at radius 3 is 2.67 bits per heavy atom. The number of benzene rings is 2. The fourth-order valence-electron chi connectivity index (χ4n) is 2.28. The minimum Gasteiger partial charge on any atom is -0.423 e. The number of rotatable bonds is 2. The summed E-state index contributed by atoms with van der Waals surface area (Å²) in [5.74, 6) is 0. The van der Waals surface area contributed by atoms with Crippen LogP contribution in [0.3, 0.4) is 0 Å². The first-order chi connectivity index (χ1) is 11.4. The second-order valence-corrected chi connectivity index (χ2v) is 6.41. The summed E-state index contributed by atoms with van der Waals surface area (Å²) in [5.41, 5.74) is 2.26. The third kappa shape index (κ3) is 3.70. The Morgan fingerprint density at radius 2 is 1.88 bits per heavy atom. The van der Waals surface area contributed by atoms with Crippen LogP contribution < -0.4 is 16.3 Å². The summed E-state index contributed by atoms with van der Waals surface area (Å²) < 4.78 is 5.22. The van der Waals surface area contributed by atoms with Gasteiger partial charge >= 0.3 is 5.63 Å². The van der Waals surface area contributed by atoms with Crippen LogP contribution in [0.4, 0.5) is 11.4 Å². The Kier molecular flexibility index (Phi) is 4.76. The van der Waals surface area contributed by atoms with E-state index in [-0.39, 0.29) is 5.63 Å². The number of hydrogen-bond donors (Lipinski definition) is 2. The van der Waals surface area contributed by atoms with E-state index in [1.807, 2.05) is 19.1 Å². The van der Waals surface area contributed by atoms with Crippen molar-refractivity contribution in [2.24, 2.45) is 0 Å². The lowest BCUT2D eigenvalue weighted by molar-refractivity contribution is 0.560. The lowest BCUT2D eigenvalue weighted by atomic mass is 10.1. The molecule has 0 radical (unpaired) electrons. The Labute approximate surface area is 153 Å². The third-order valence-electron chi connectivity index (χ3n) is 3.39. The van der Waals surface area contributed by atoms with Crippen molar-refractivity contribution < 1.29 is 4.42 Å². The van der Waals surface area contributed by atoms with E-state index in [0.29, 0.717) is 32.1 Å². The number of halogens is 2. The lowest BCUT2D eigenvalue weighted by Crippen LogP contribution is -2.19. The van der Waals surface area contributed by atoms with E-state index in [0.717, 1.165) is 10.9 Å². The van der Waals surface area contributed by atoms with Crippen molar-refractivity contribution >= 4 is 62.9 Å². The average Bonchev–Trinajstić information content (AvgIpc) is 2.50. The molecule has 2 aromatic carbocycles. The molecule has 4 nitrogen and oxygen atoms in total. The largest absolute Gasteiger partial charge is 0.423 e. The predicted molar refractivity (Wildman–Crippen MR) is 104 cm³/mol. The molecular formula is C17H12Cl2N2O2S. The highest BCUT2D eigenvalue weighted by Crippen LogP contribution is 2.26. The zero-order chi connectivity index (χ0) is 17.3. The van der Waals surface area contributed by atoms with Crippen LogP contribution in [0.25, 0.3) is 11.0 Å². The van der Waals surface area contributed by atoms with Crippen molar-refractivity contribution in [2.45, 2.75) is 6.92 Å². The fraction of sp³-hybridized carbons (Fsp3) is 0.0588. The number of anilines is 2. The van der Waals surface area contributed by atoms with Gasteiger partial charge in [0, 0.05) is 28.2 Å². The zero-order valence-corrected chi connectivity index (χ0v) is 14.9. The van der Waals surface area contributed by atoms with Crippen LogP contribution in [0.1, 0.15) is 5.56 Å². The smallest absolute Gasteiger partial charge is 0.336 e. The van der Waals surface area contributed by atoms with E-state index in [1.165, 1.54) is 6.07 Å². The quantitative estimate of drug-likeness (QED) is 0.473. The van der Waals surface area contributed by atoms with E-state index in [2.05, 4.69) is 10.6 Å². The molecule has 0 aliphatic rings. The second kappa shape index (κ2) is 6.81. The lowest BCUT2D eigenvalue weighted by Gasteiger charge is -2.12. The molecular weight excluding hydrogens is 367 g/mol. The summed E-state index contributed by atoms with van der Waals surface area (Å²) in [6.45, 7) is 1.86. The first kappa shape index (κ1) is 16.8. The van der Waals surface area contributed by atoms with Crippen molar-refractivity contribution in [1.29, 1.82) is 0 Å². The Balaban J connectivity index is 1.83. The maximum absolute atomic E-state index is 11.5. The summed E-state index contributed by atoms with van der Waals surface area (Å²) in [4.78, 5) is 11.5. The van der Waals surface area contributed by atoms with Crippen molar-refractivity contribution in [3.63, 3.8) is 0 Å². The van der Waals surface area contributed by atoms with Gasteiger partial charge in [0.1, 0.15) is 5.58 Å². The normalized spacial score (nSPS) is 10.6. The summed E-state index contributed by atoms with van der Waals surface area (Å²) in [6, 6.07) is 12.0. The first-order valence-corrected chi connectivity index (χ1v) is 8.16. The second-order valence-electron chi connectivity index (χ2n) is 5.16. The van der Waals surface area contributed by atoms with Gasteiger partial charge in [-0.3, -0.25) is 0 Å². The van der Waals surface area contributed by atoms with Crippen LogP contribution in [0.15, 0.2) is 51.7 Å². The maximum Gasteiger partial charge on any atom is 0.336 e. The number of hydrogen-bond acceptors (Lipinski definition) is 3. The van der Waals surface area contributed by atoms with Gasteiger partial charge in [-0.25, -0.2) is 4.79 Å². The predicted octanol–water partition coefficient (Wildman–Crippen LogP) is 5.22. The van der Waals surface area contributed by atoms with E-state index < -0.39 is 0 Å². The zero-order valence-electron chi connectivity index (χ0n) is 12.5. The van der Waals surface area contributed by atoms with Crippen molar-refractivity contribution in [2.75, 3.05) is 10.6 Å². The molecule has 0 aliphatic carbocycles. The molecule has 0 saturated heterocycles. The molecule has 0 fully saturated rings. The molecule has 24 heavy (non-hydrogen) atoms. The number of aryl methyl sites for hydroxylation is 1. The first-order valence-electron chi connectivity index (χ1n) is 7.00. The molecule has 3 rings (SSSR count). The standard InChI is InChI=1S/C17H12Cl2N2O2S/c1-9-6-16(22)23-15-8-11(3-4-12(9)15)20-17(24)21-14-7-10(18)2-5-13(14)19/h2-8H,1H3,(H2,20,21,24). The molecule has 7 heteroatoms. The fourth-order valence-corrected chi connectivity index (χ4v) is 2.85. The van der Waals surface area contributed by atoms with Crippen LogP contribution >= 0.6 is 35.4 Å². The molecule has 2 N–H and O–H groups in total. The molecule has 122 valence electrons. The molecule has 0 saturated carbocycles. The number of fused-ring (bicyclic) bond motifs is 1. The summed E-state index contributed by atoms with van der Waals surface area (Å²) in [7, 11) is 0. The molecule has 0 atom stereocenters. The number of thiocarbonyl (C=S) groups is 1. The number of nitrogens with one attached hydrogen (secondary N) is 2. The van der Waals surface area contributed by atoms with Gasteiger partial charge in [0.25, 0.3) is 0 Å². The molecule has 0 unspecified atom stereocenters. The summed E-state index contributed by atoms with van der Waals surface area (Å²) >= 11 is 17.3. The summed E-state index contributed by atoms with van der Waals surface area (Å²) in [5, 5.41) is 8.27. The van der Waals surface area contributed by atoms with Gasteiger partial charge in [-0.2, -0.15) is 0 Å². The van der Waals surface area contributed by atoms with Crippen molar-refractivity contribution in [3.05, 3.63) is 68.5 Å². The molecule has 0 spiro atoms. The van der Waals surface area contributed by atoms with Gasteiger partial charge in [0.2, 0.25) is 0 Å². The van der Waals surface area contributed by atoms with Gasteiger partial charge < -0.3 is 15.1 Å². The molecule has 1 heterocycles.